The molecule has 0 fully saturated rings. The molecule has 0 saturated carbocycles. The fourth-order valence-electron chi connectivity index (χ4n) is 3.25. The Labute approximate surface area is 234 Å². The molecule has 41 heavy (non-hydrogen) atoms. The van der Waals surface area contributed by atoms with Gasteiger partial charge >= 0.3 is 11.9 Å². The Bertz CT molecular complexity index is 1520. The summed E-state index contributed by atoms with van der Waals surface area (Å²) in [6.07, 6.45) is 1.09. The van der Waals surface area contributed by atoms with Crippen LogP contribution in [0.1, 0.15) is 47.1 Å². The SMILES string of the molecule is COc1cc(C(=O)Oc2ccc([N+](=O)[O-])cc2/C=N/NC(=O)c2ccc(NC(=O)C(C)C)cc2)ccc1OC(C)=O. The maximum absolute atomic E-state index is 12.8. The highest BCUT2D eigenvalue weighted by atomic mass is 16.6. The molecule has 0 aliphatic heterocycles. The van der Waals surface area contributed by atoms with Crippen molar-refractivity contribution in [2.75, 3.05) is 12.4 Å². The van der Waals surface area contributed by atoms with Crippen LogP contribution < -0.4 is 25.0 Å². The molecule has 0 unspecified atom stereocenters. The number of nitro groups is 1. The predicted molar refractivity (Wildman–Crippen MR) is 147 cm³/mol. The summed E-state index contributed by atoms with van der Waals surface area (Å²) >= 11 is 0. The van der Waals surface area contributed by atoms with Crippen LogP contribution in [-0.2, 0) is 9.59 Å². The maximum Gasteiger partial charge on any atom is 0.343 e. The average Bonchev–Trinajstić information content (AvgIpc) is 2.93. The molecule has 0 atom stereocenters. The zero-order chi connectivity index (χ0) is 30.1. The van der Waals surface area contributed by atoms with Gasteiger partial charge < -0.3 is 19.5 Å². The number of esters is 2. The summed E-state index contributed by atoms with van der Waals surface area (Å²) in [5.41, 5.74) is 2.83. The van der Waals surface area contributed by atoms with E-state index in [2.05, 4.69) is 15.8 Å². The van der Waals surface area contributed by atoms with Crippen LogP contribution in [0.3, 0.4) is 0 Å². The molecule has 0 saturated heterocycles. The average molecular weight is 563 g/mol. The maximum atomic E-state index is 12.8. The van der Waals surface area contributed by atoms with Crippen molar-refractivity contribution < 1.29 is 38.3 Å². The van der Waals surface area contributed by atoms with E-state index in [9.17, 15) is 29.3 Å². The highest BCUT2D eigenvalue weighted by Crippen LogP contribution is 2.29. The molecule has 0 aliphatic carbocycles. The van der Waals surface area contributed by atoms with E-state index in [1.54, 1.807) is 26.0 Å². The van der Waals surface area contributed by atoms with E-state index in [1.165, 1.54) is 50.4 Å². The summed E-state index contributed by atoms with van der Waals surface area (Å²) in [6, 6.07) is 13.6. The largest absolute Gasteiger partial charge is 0.493 e. The number of hydrazone groups is 1. The Morgan fingerprint density at radius 2 is 1.56 bits per heavy atom. The van der Waals surface area contributed by atoms with E-state index in [1.807, 2.05) is 0 Å². The van der Waals surface area contributed by atoms with Crippen molar-refractivity contribution in [3.8, 4) is 17.2 Å². The second-order valence-electron chi connectivity index (χ2n) is 8.75. The van der Waals surface area contributed by atoms with Crippen molar-refractivity contribution in [1.82, 2.24) is 5.43 Å². The lowest BCUT2D eigenvalue weighted by molar-refractivity contribution is -0.384. The molecule has 3 aromatic rings. The minimum absolute atomic E-state index is 0.0306. The smallest absolute Gasteiger partial charge is 0.343 e. The number of rotatable bonds is 10. The summed E-state index contributed by atoms with van der Waals surface area (Å²) in [4.78, 5) is 59.1. The Kier molecular flexibility index (Phi) is 9.84. The lowest BCUT2D eigenvalue weighted by Crippen LogP contribution is -2.19. The number of hydrogen-bond acceptors (Lipinski definition) is 10. The van der Waals surface area contributed by atoms with Gasteiger partial charge in [0.15, 0.2) is 11.5 Å². The fourth-order valence-corrected chi connectivity index (χ4v) is 3.25. The van der Waals surface area contributed by atoms with Crippen molar-refractivity contribution in [1.29, 1.82) is 0 Å². The lowest BCUT2D eigenvalue weighted by atomic mass is 10.1. The topological polar surface area (TPSA) is 176 Å². The van der Waals surface area contributed by atoms with Gasteiger partial charge in [-0.2, -0.15) is 5.10 Å². The van der Waals surface area contributed by atoms with Crippen molar-refractivity contribution in [2.24, 2.45) is 11.0 Å². The Hall–Kier alpha value is -5.59. The summed E-state index contributed by atoms with van der Waals surface area (Å²) in [5.74, 6) is -2.25. The number of methoxy groups -OCH3 is 1. The number of carbonyl (C=O) groups is 4. The zero-order valence-corrected chi connectivity index (χ0v) is 22.5. The third-order valence-electron chi connectivity index (χ3n) is 5.37. The molecule has 0 aromatic heterocycles. The van der Waals surface area contributed by atoms with Crippen molar-refractivity contribution in [2.45, 2.75) is 20.8 Å². The highest BCUT2D eigenvalue weighted by Gasteiger charge is 2.18. The third kappa shape index (κ3) is 8.20. The number of hydrogen-bond donors (Lipinski definition) is 2. The normalized spacial score (nSPS) is 10.7. The van der Waals surface area contributed by atoms with Gasteiger partial charge in [0, 0.05) is 41.8 Å². The molecule has 0 radical (unpaired) electrons. The highest BCUT2D eigenvalue weighted by molar-refractivity contribution is 5.97. The summed E-state index contributed by atoms with van der Waals surface area (Å²) in [6.45, 7) is 4.72. The van der Waals surface area contributed by atoms with E-state index in [4.69, 9.17) is 14.2 Å². The van der Waals surface area contributed by atoms with E-state index < -0.39 is 22.8 Å². The van der Waals surface area contributed by atoms with Gasteiger partial charge in [-0.25, -0.2) is 10.2 Å². The number of anilines is 1. The van der Waals surface area contributed by atoms with E-state index in [0.29, 0.717) is 5.69 Å². The first-order valence-corrected chi connectivity index (χ1v) is 12.1. The first kappa shape index (κ1) is 30.0. The van der Waals surface area contributed by atoms with Gasteiger partial charge in [0.05, 0.1) is 23.8 Å². The minimum atomic E-state index is -0.838. The fraction of sp³-hybridized carbons (Fsp3) is 0.179. The Balaban J connectivity index is 1.77. The molecular formula is C28H26N4O9. The van der Waals surface area contributed by atoms with Crippen LogP contribution in [0.25, 0.3) is 0 Å². The molecule has 13 heteroatoms. The summed E-state index contributed by atoms with van der Waals surface area (Å²) in [5, 5.41) is 17.8. The molecule has 0 bridgehead atoms. The van der Waals surface area contributed by atoms with Crippen LogP contribution in [0.4, 0.5) is 11.4 Å². The molecule has 0 heterocycles. The van der Waals surface area contributed by atoms with E-state index >= 15 is 0 Å². The standard InChI is InChI=1S/C28H26N4O9/c1-16(2)26(34)30-21-8-5-18(6-9-21)27(35)31-29-15-20-13-22(32(37)38)10-12-23(20)41-28(36)19-7-11-24(40-17(3)33)25(14-19)39-4/h5-16H,1-4H3,(H,30,34)(H,31,35)/b29-15+. The molecule has 2 amide bonds. The van der Waals surface area contributed by atoms with Crippen molar-refractivity contribution in [3.63, 3.8) is 0 Å². The van der Waals surface area contributed by atoms with Crippen LogP contribution >= 0.6 is 0 Å². The lowest BCUT2D eigenvalue weighted by Gasteiger charge is -2.11. The van der Waals surface area contributed by atoms with E-state index in [-0.39, 0.29) is 51.5 Å². The van der Waals surface area contributed by atoms with Crippen molar-refractivity contribution >= 4 is 41.3 Å². The van der Waals surface area contributed by atoms with Crippen LogP contribution in [0.5, 0.6) is 17.2 Å². The molecule has 3 rings (SSSR count). The number of nitro benzene ring substituents is 1. The van der Waals surface area contributed by atoms with Gasteiger partial charge in [-0.15, -0.1) is 0 Å². The monoisotopic (exact) mass is 562 g/mol. The molecule has 0 aliphatic rings. The number of non-ortho nitro benzene ring substituents is 1. The molecule has 2 N–H and O–H groups in total. The molecule has 13 nitrogen and oxygen atoms in total. The predicted octanol–water partition coefficient (Wildman–Crippen LogP) is 4.11. The van der Waals surface area contributed by atoms with Gasteiger partial charge in [0.1, 0.15) is 5.75 Å². The third-order valence-corrected chi connectivity index (χ3v) is 5.37. The van der Waals surface area contributed by atoms with E-state index in [0.717, 1.165) is 18.3 Å². The van der Waals surface area contributed by atoms with Gasteiger partial charge in [-0.1, -0.05) is 13.8 Å². The number of carbonyl (C=O) groups excluding carboxylic acids is 4. The first-order valence-electron chi connectivity index (χ1n) is 12.1. The van der Waals surface area contributed by atoms with Crippen molar-refractivity contribution in [3.05, 3.63) is 87.5 Å². The second kappa shape index (κ2) is 13.5. The van der Waals surface area contributed by atoms with Gasteiger partial charge in [0.25, 0.3) is 11.6 Å². The van der Waals surface area contributed by atoms with Crippen LogP contribution in [0, 0.1) is 16.0 Å². The van der Waals surface area contributed by atoms with Crippen LogP contribution in [0.15, 0.2) is 65.8 Å². The van der Waals surface area contributed by atoms with Gasteiger partial charge in [0.2, 0.25) is 5.91 Å². The summed E-state index contributed by atoms with van der Waals surface area (Å²) in [7, 11) is 1.33. The first-order chi connectivity index (χ1) is 19.5. The van der Waals surface area contributed by atoms with Gasteiger partial charge in [-0.05, 0) is 48.5 Å². The second-order valence-corrected chi connectivity index (χ2v) is 8.75. The number of nitrogens with one attached hydrogen (secondary N) is 2. The number of benzene rings is 3. The van der Waals surface area contributed by atoms with Crippen LogP contribution in [-0.4, -0.2) is 42.0 Å². The van der Waals surface area contributed by atoms with Gasteiger partial charge in [-0.3, -0.25) is 24.5 Å². The minimum Gasteiger partial charge on any atom is -0.493 e. The Morgan fingerprint density at radius 1 is 0.902 bits per heavy atom. The van der Waals surface area contributed by atoms with Crippen LogP contribution in [0.2, 0.25) is 0 Å². The molecule has 212 valence electrons. The molecular weight excluding hydrogens is 536 g/mol. The number of ether oxygens (including phenoxy) is 3. The Morgan fingerprint density at radius 3 is 2.17 bits per heavy atom. The molecule has 3 aromatic carbocycles. The quantitative estimate of drug-likeness (QED) is 0.121. The number of amides is 2. The summed E-state index contributed by atoms with van der Waals surface area (Å²) < 4.78 is 15.6. The molecule has 0 spiro atoms. The zero-order valence-electron chi connectivity index (χ0n) is 22.5. The number of nitrogens with zero attached hydrogens (tertiary/aromatic N) is 2.